The molecule has 0 saturated heterocycles. The van der Waals surface area contributed by atoms with Crippen LogP contribution in [0.2, 0.25) is 0 Å². The van der Waals surface area contributed by atoms with Crippen LogP contribution in [0, 0.1) is 11.3 Å². The minimum atomic E-state index is -3.73. The van der Waals surface area contributed by atoms with E-state index in [4.69, 9.17) is 4.74 Å². The summed E-state index contributed by atoms with van der Waals surface area (Å²) in [6, 6.07) is 4.69. The standard InChI is InChI=1S/C22H34N2O6S/c1-8-24(9-2)31(28,29)17-12-10-11-16(13-17)20(26)23-19(15(3)4)21(27)30-14-18(25)22(5,6)7/h10-13,15,19H,8-9,14H2,1-7H3,(H,23,26)/t19-/m0/s1. The Labute approximate surface area is 185 Å². The van der Waals surface area contributed by atoms with Crippen LogP contribution in [0.5, 0.6) is 0 Å². The number of nitrogens with one attached hydrogen (secondary N) is 1. The number of hydrogen-bond acceptors (Lipinski definition) is 6. The third-order valence-electron chi connectivity index (χ3n) is 4.83. The summed E-state index contributed by atoms with van der Waals surface area (Å²) in [6.45, 7) is 12.4. The van der Waals surface area contributed by atoms with Gasteiger partial charge in [-0.05, 0) is 24.1 Å². The van der Waals surface area contributed by atoms with Crippen LogP contribution in [0.4, 0.5) is 0 Å². The fourth-order valence-electron chi connectivity index (χ4n) is 2.68. The first kappa shape index (κ1) is 26.8. The Morgan fingerprint density at radius 1 is 1.10 bits per heavy atom. The highest BCUT2D eigenvalue weighted by atomic mass is 32.2. The molecule has 31 heavy (non-hydrogen) atoms. The molecular formula is C22H34N2O6S. The molecule has 0 aliphatic rings. The van der Waals surface area contributed by atoms with Crippen molar-refractivity contribution in [3.05, 3.63) is 29.8 Å². The van der Waals surface area contributed by atoms with Crippen molar-refractivity contribution in [2.24, 2.45) is 11.3 Å². The highest BCUT2D eigenvalue weighted by molar-refractivity contribution is 7.89. The van der Waals surface area contributed by atoms with Gasteiger partial charge in [-0.25, -0.2) is 13.2 Å². The quantitative estimate of drug-likeness (QED) is 0.544. The van der Waals surface area contributed by atoms with Gasteiger partial charge in [-0.1, -0.05) is 54.5 Å². The lowest BCUT2D eigenvalue weighted by Gasteiger charge is -2.22. The van der Waals surface area contributed by atoms with Gasteiger partial charge < -0.3 is 10.1 Å². The first-order valence-corrected chi connectivity index (χ1v) is 11.8. The Morgan fingerprint density at radius 2 is 1.68 bits per heavy atom. The minimum absolute atomic E-state index is 0.00305. The molecule has 8 nitrogen and oxygen atoms in total. The number of nitrogens with zero attached hydrogens (tertiary/aromatic N) is 1. The molecule has 0 radical (unpaired) electrons. The molecule has 0 saturated carbocycles. The lowest BCUT2D eigenvalue weighted by molar-refractivity contribution is -0.152. The summed E-state index contributed by atoms with van der Waals surface area (Å²) in [7, 11) is -3.73. The van der Waals surface area contributed by atoms with E-state index in [1.165, 1.54) is 28.6 Å². The van der Waals surface area contributed by atoms with Crippen molar-refractivity contribution in [2.75, 3.05) is 19.7 Å². The number of esters is 1. The maximum absolute atomic E-state index is 12.8. The molecule has 0 aliphatic carbocycles. The number of carbonyl (C=O) groups is 3. The zero-order valence-electron chi connectivity index (χ0n) is 19.4. The molecule has 1 N–H and O–H groups in total. The Hall–Kier alpha value is -2.26. The number of carbonyl (C=O) groups excluding carboxylic acids is 3. The molecule has 9 heteroatoms. The van der Waals surface area contributed by atoms with Crippen LogP contribution >= 0.6 is 0 Å². The lowest BCUT2D eigenvalue weighted by atomic mass is 9.91. The highest BCUT2D eigenvalue weighted by Crippen LogP contribution is 2.18. The molecule has 1 atom stereocenters. The highest BCUT2D eigenvalue weighted by Gasteiger charge is 2.29. The molecule has 0 aliphatic heterocycles. The SMILES string of the molecule is CCN(CC)S(=O)(=O)c1cccc(C(=O)N[C@H](C(=O)OCC(=O)C(C)(C)C)C(C)C)c1. The van der Waals surface area contributed by atoms with Crippen molar-refractivity contribution in [1.29, 1.82) is 0 Å². The predicted molar refractivity (Wildman–Crippen MR) is 118 cm³/mol. The fraction of sp³-hybridized carbons (Fsp3) is 0.591. The molecule has 1 aromatic carbocycles. The number of benzene rings is 1. The summed E-state index contributed by atoms with van der Waals surface area (Å²) in [5.74, 6) is -1.85. The van der Waals surface area contributed by atoms with Gasteiger partial charge in [-0.2, -0.15) is 4.31 Å². The van der Waals surface area contributed by atoms with Crippen LogP contribution < -0.4 is 5.32 Å². The van der Waals surface area contributed by atoms with Gasteiger partial charge in [0, 0.05) is 24.1 Å². The van der Waals surface area contributed by atoms with Crippen LogP contribution in [0.25, 0.3) is 0 Å². The summed E-state index contributed by atoms with van der Waals surface area (Å²) < 4.78 is 31.9. The Morgan fingerprint density at radius 3 is 2.16 bits per heavy atom. The summed E-state index contributed by atoms with van der Waals surface area (Å²) in [6.07, 6.45) is 0. The van der Waals surface area contributed by atoms with Crippen molar-refractivity contribution < 1.29 is 27.5 Å². The summed E-state index contributed by atoms with van der Waals surface area (Å²) in [4.78, 5) is 37.3. The summed E-state index contributed by atoms with van der Waals surface area (Å²) in [5.41, 5.74) is -0.536. The Bertz CT molecular complexity index is 899. The average molecular weight is 455 g/mol. The normalized spacial score (nSPS) is 13.2. The number of ketones is 1. The second kappa shape index (κ2) is 10.9. The van der Waals surface area contributed by atoms with Crippen LogP contribution in [0.15, 0.2) is 29.2 Å². The number of amides is 1. The van der Waals surface area contributed by atoms with E-state index in [9.17, 15) is 22.8 Å². The van der Waals surface area contributed by atoms with Crippen molar-refractivity contribution in [3.8, 4) is 0 Å². The maximum Gasteiger partial charge on any atom is 0.329 e. The summed E-state index contributed by atoms with van der Waals surface area (Å²) in [5, 5.41) is 2.60. The molecule has 0 spiro atoms. The van der Waals surface area contributed by atoms with Crippen molar-refractivity contribution >= 4 is 27.7 Å². The van der Waals surface area contributed by atoms with Crippen LogP contribution in [-0.2, 0) is 24.3 Å². The Kier molecular flexibility index (Phi) is 9.38. The molecule has 0 fully saturated rings. The predicted octanol–water partition coefficient (Wildman–Crippen LogP) is 2.63. The zero-order chi connectivity index (χ0) is 24.0. The van der Waals surface area contributed by atoms with Crippen LogP contribution in [0.1, 0.15) is 58.8 Å². The molecule has 1 rings (SSSR count). The van der Waals surface area contributed by atoms with E-state index < -0.39 is 33.4 Å². The second-order valence-corrected chi connectivity index (χ2v) is 10.5. The minimum Gasteiger partial charge on any atom is -0.456 e. The monoisotopic (exact) mass is 454 g/mol. The molecular weight excluding hydrogens is 420 g/mol. The molecule has 0 heterocycles. The van der Waals surface area contributed by atoms with Gasteiger partial charge in [-0.3, -0.25) is 9.59 Å². The third kappa shape index (κ3) is 7.14. The van der Waals surface area contributed by atoms with Gasteiger partial charge in [0.05, 0.1) is 4.90 Å². The van der Waals surface area contributed by atoms with Crippen molar-refractivity contribution in [2.45, 2.75) is 59.4 Å². The van der Waals surface area contributed by atoms with E-state index in [1.54, 1.807) is 48.5 Å². The number of rotatable bonds is 10. The van der Waals surface area contributed by atoms with Gasteiger partial charge in [0.2, 0.25) is 10.0 Å². The maximum atomic E-state index is 12.8. The first-order chi connectivity index (χ1) is 14.2. The topological polar surface area (TPSA) is 110 Å². The summed E-state index contributed by atoms with van der Waals surface area (Å²) >= 11 is 0. The van der Waals surface area contributed by atoms with Gasteiger partial charge in [-0.15, -0.1) is 0 Å². The van der Waals surface area contributed by atoms with Gasteiger partial charge in [0.1, 0.15) is 6.04 Å². The number of ether oxygens (including phenoxy) is 1. The molecule has 174 valence electrons. The smallest absolute Gasteiger partial charge is 0.329 e. The van der Waals surface area contributed by atoms with Crippen LogP contribution in [0.3, 0.4) is 0 Å². The lowest BCUT2D eigenvalue weighted by Crippen LogP contribution is -2.46. The molecule has 1 amide bonds. The van der Waals surface area contributed by atoms with Gasteiger partial charge >= 0.3 is 5.97 Å². The zero-order valence-corrected chi connectivity index (χ0v) is 20.2. The van der Waals surface area contributed by atoms with E-state index in [2.05, 4.69) is 5.32 Å². The van der Waals surface area contributed by atoms with E-state index in [0.29, 0.717) is 13.1 Å². The van der Waals surface area contributed by atoms with Crippen molar-refractivity contribution in [3.63, 3.8) is 0 Å². The second-order valence-electron chi connectivity index (χ2n) is 8.59. The molecule has 0 unspecified atom stereocenters. The third-order valence-corrected chi connectivity index (χ3v) is 6.87. The molecule has 1 aromatic rings. The molecule has 0 aromatic heterocycles. The molecule has 0 bridgehead atoms. The average Bonchev–Trinajstić information content (AvgIpc) is 2.69. The van der Waals surface area contributed by atoms with E-state index in [1.807, 2.05) is 0 Å². The Balaban J connectivity index is 3.01. The van der Waals surface area contributed by atoms with Gasteiger partial charge in [0.15, 0.2) is 12.4 Å². The van der Waals surface area contributed by atoms with Gasteiger partial charge in [0.25, 0.3) is 5.91 Å². The fourth-order valence-corrected chi connectivity index (χ4v) is 4.18. The largest absolute Gasteiger partial charge is 0.456 e. The van der Waals surface area contributed by atoms with Crippen LogP contribution in [-0.4, -0.2) is 56.1 Å². The van der Waals surface area contributed by atoms with E-state index in [0.717, 1.165) is 0 Å². The van der Waals surface area contributed by atoms with E-state index in [-0.39, 0.29) is 28.8 Å². The van der Waals surface area contributed by atoms with Crippen molar-refractivity contribution in [1.82, 2.24) is 9.62 Å². The van der Waals surface area contributed by atoms with E-state index >= 15 is 0 Å². The number of sulfonamides is 1. The number of Topliss-reactive ketones (excluding diaryl/α,β-unsaturated/α-hetero) is 1. The first-order valence-electron chi connectivity index (χ1n) is 10.4. The number of hydrogen-bond donors (Lipinski definition) is 1.